The Balaban J connectivity index is 1.37. The van der Waals surface area contributed by atoms with Gasteiger partial charge in [-0.05, 0) is 105 Å². The van der Waals surface area contributed by atoms with E-state index in [9.17, 15) is 18.3 Å². The van der Waals surface area contributed by atoms with Crippen LogP contribution in [0.5, 0.6) is 5.75 Å². The number of nitrogens with zero attached hydrogens (tertiary/aromatic N) is 2. The zero-order valence-corrected chi connectivity index (χ0v) is 30.1. The Hall–Kier alpha value is -3.07. The fourth-order valence-electron chi connectivity index (χ4n) is 7.28. The van der Waals surface area contributed by atoms with Crippen molar-refractivity contribution in [2.45, 2.75) is 69.8 Å². The van der Waals surface area contributed by atoms with Gasteiger partial charge >= 0.3 is 0 Å². The van der Waals surface area contributed by atoms with Gasteiger partial charge in [0.05, 0.1) is 30.7 Å². The van der Waals surface area contributed by atoms with Gasteiger partial charge < -0.3 is 19.5 Å². The number of rotatable bonds is 1. The molecule has 0 radical (unpaired) electrons. The Labute approximate surface area is 296 Å². The monoisotopic (exact) mass is 709 g/mol. The van der Waals surface area contributed by atoms with Gasteiger partial charge in [-0.15, -0.1) is 0 Å². The van der Waals surface area contributed by atoms with Crippen LogP contribution in [-0.2, 0) is 27.8 Å². The molecule has 0 unspecified atom stereocenters. The average molecular weight is 710 g/mol. The Morgan fingerprint density at radius 1 is 1.06 bits per heavy atom. The molecule has 49 heavy (non-hydrogen) atoms. The highest BCUT2D eigenvalue weighted by Gasteiger charge is 2.45. The minimum atomic E-state index is -3.99. The van der Waals surface area contributed by atoms with Crippen molar-refractivity contribution >= 4 is 33.2 Å². The molecule has 264 valence electrons. The van der Waals surface area contributed by atoms with Crippen LogP contribution < -0.4 is 14.4 Å². The largest absolute Gasteiger partial charge is 0.487 e. The van der Waals surface area contributed by atoms with E-state index in [-0.39, 0.29) is 23.3 Å². The van der Waals surface area contributed by atoms with E-state index in [2.05, 4.69) is 26.4 Å². The minimum Gasteiger partial charge on any atom is -0.487 e. The van der Waals surface area contributed by atoms with E-state index < -0.39 is 26.8 Å². The molecule has 2 N–H and O–H groups in total. The molecule has 1 amide bonds. The molecule has 9 nitrogen and oxygen atoms in total. The third-order valence-electron chi connectivity index (χ3n) is 10.8. The van der Waals surface area contributed by atoms with Crippen molar-refractivity contribution in [1.82, 2.24) is 9.62 Å². The van der Waals surface area contributed by atoms with Crippen LogP contribution in [0, 0.1) is 29.6 Å². The first-order chi connectivity index (χ1) is 23.5. The number of hydrogen-bond acceptors (Lipinski definition) is 8. The number of anilines is 1. The summed E-state index contributed by atoms with van der Waals surface area (Å²) in [5.41, 5.74) is 1.84. The van der Waals surface area contributed by atoms with Crippen molar-refractivity contribution < 1.29 is 27.8 Å². The lowest BCUT2D eigenvalue weighted by Gasteiger charge is -2.46. The molecule has 2 bridgehead atoms. The number of carbonyl (C=O) groups excluding carboxylic acids is 1. The number of halogens is 1. The van der Waals surface area contributed by atoms with Crippen molar-refractivity contribution in [1.29, 1.82) is 0 Å². The molecule has 6 rings (SSSR count). The summed E-state index contributed by atoms with van der Waals surface area (Å²) >= 11 is 6.36. The number of hydrogen-bond donors (Lipinski definition) is 2. The van der Waals surface area contributed by atoms with E-state index in [1.165, 1.54) is 0 Å². The normalized spacial score (nSPS) is 30.0. The highest BCUT2D eigenvalue weighted by atomic mass is 35.5. The van der Waals surface area contributed by atoms with Gasteiger partial charge in [-0.25, -0.2) is 13.1 Å². The summed E-state index contributed by atoms with van der Waals surface area (Å²) in [5, 5.41) is 12.1. The van der Waals surface area contributed by atoms with E-state index in [1.54, 1.807) is 31.2 Å². The first kappa shape index (κ1) is 35.7. The lowest BCUT2D eigenvalue weighted by Crippen LogP contribution is -2.49. The van der Waals surface area contributed by atoms with Crippen molar-refractivity contribution in [3.63, 3.8) is 0 Å². The van der Waals surface area contributed by atoms with Crippen LogP contribution >= 0.6 is 11.6 Å². The predicted octanol–water partition coefficient (Wildman–Crippen LogP) is 5.20. The summed E-state index contributed by atoms with van der Waals surface area (Å²) < 4.78 is 41.1. The molecule has 2 fully saturated rings. The van der Waals surface area contributed by atoms with Gasteiger partial charge in [0, 0.05) is 42.7 Å². The molecule has 1 saturated heterocycles. The van der Waals surface area contributed by atoms with E-state index in [1.807, 2.05) is 31.2 Å². The SMILES string of the molecule is C[C@@H]1[C@@H](C)C/C=C/[C@@](O)(C#CCN2CCOCC2)[C@@H]2CC[C@H]2CN2CCCCc3cc(Cl)ccc3COc3ccc(cc32)C(=O)NS1(=O)=O. The van der Waals surface area contributed by atoms with Gasteiger partial charge in [0.2, 0.25) is 10.0 Å². The molecule has 1 aliphatic carbocycles. The Morgan fingerprint density at radius 3 is 2.65 bits per heavy atom. The maximum atomic E-state index is 13.5. The summed E-state index contributed by atoms with van der Waals surface area (Å²) in [7, 11) is -3.99. The molecule has 5 atom stereocenters. The summed E-state index contributed by atoms with van der Waals surface area (Å²) in [6.07, 6.45) is 8.52. The number of fused-ring (bicyclic) bond motifs is 3. The van der Waals surface area contributed by atoms with E-state index >= 15 is 0 Å². The van der Waals surface area contributed by atoms with Gasteiger partial charge in [0.1, 0.15) is 18.0 Å². The van der Waals surface area contributed by atoms with Gasteiger partial charge in [-0.1, -0.05) is 42.5 Å². The fraction of sp³-hybridized carbons (Fsp3) is 0.553. The summed E-state index contributed by atoms with van der Waals surface area (Å²) in [5.74, 6) is 6.21. The molecule has 3 heterocycles. The van der Waals surface area contributed by atoms with Crippen LogP contribution in [0.4, 0.5) is 5.69 Å². The fourth-order valence-corrected chi connectivity index (χ4v) is 8.76. The van der Waals surface area contributed by atoms with Crippen LogP contribution in [0.2, 0.25) is 5.02 Å². The third kappa shape index (κ3) is 8.46. The Kier molecular flexibility index (Phi) is 11.3. The van der Waals surface area contributed by atoms with E-state index in [4.69, 9.17) is 21.1 Å². The maximum absolute atomic E-state index is 13.5. The molecule has 1 saturated carbocycles. The summed E-state index contributed by atoms with van der Waals surface area (Å²) in [6.45, 7) is 8.66. The topological polar surface area (TPSA) is 108 Å². The van der Waals surface area contributed by atoms with Crippen LogP contribution in [0.1, 0.15) is 67.4 Å². The maximum Gasteiger partial charge on any atom is 0.264 e. The van der Waals surface area contributed by atoms with Crippen molar-refractivity contribution in [2.24, 2.45) is 17.8 Å². The van der Waals surface area contributed by atoms with Crippen LogP contribution in [-0.4, -0.2) is 81.1 Å². The quantitative estimate of drug-likeness (QED) is 0.308. The summed E-state index contributed by atoms with van der Waals surface area (Å²) in [4.78, 5) is 18.0. The minimum absolute atomic E-state index is 0.106. The van der Waals surface area contributed by atoms with E-state index in [0.717, 1.165) is 62.0 Å². The zero-order chi connectivity index (χ0) is 34.6. The highest BCUT2D eigenvalue weighted by molar-refractivity contribution is 7.90. The molecular weight excluding hydrogens is 662 g/mol. The first-order valence-corrected chi connectivity index (χ1v) is 19.5. The highest BCUT2D eigenvalue weighted by Crippen LogP contribution is 2.45. The lowest BCUT2D eigenvalue weighted by molar-refractivity contribution is -0.00312. The number of benzene rings is 2. The smallest absolute Gasteiger partial charge is 0.264 e. The van der Waals surface area contributed by atoms with Gasteiger partial charge in [-0.2, -0.15) is 0 Å². The molecule has 3 aliphatic heterocycles. The van der Waals surface area contributed by atoms with Gasteiger partial charge in [0.25, 0.3) is 5.91 Å². The molecule has 2 aromatic carbocycles. The van der Waals surface area contributed by atoms with E-state index in [0.29, 0.717) is 56.6 Å². The number of nitrogens with one attached hydrogen (secondary N) is 1. The number of amides is 1. The number of ether oxygens (including phenoxy) is 2. The third-order valence-corrected chi connectivity index (χ3v) is 12.9. The predicted molar refractivity (Wildman–Crippen MR) is 192 cm³/mol. The number of morpholine rings is 1. The second kappa shape index (κ2) is 15.4. The van der Waals surface area contributed by atoms with Crippen LogP contribution in [0.15, 0.2) is 48.6 Å². The lowest BCUT2D eigenvalue weighted by atomic mass is 9.64. The van der Waals surface area contributed by atoms with Crippen molar-refractivity contribution in [3.8, 4) is 17.6 Å². The van der Waals surface area contributed by atoms with Gasteiger partial charge in [-0.3, -0.25) is 9.69 Å². The number of allylic oxidation sites excluding steroid dienone is 1. The second-order valence-corrected chi connectivity index (χ2v) is 16.5. The number of carbonyl (C=O) groups is 1. The second-order valence-electron chi connectivity index (χ2n) is 14.0. The van der Waals surface area contributed by atoms with Gasteiger partial charge in [0.15, 0.2) is 0 Å². The summed E-state index contributed by atoms with van der Waals surface area (Å²) in [6, 6.07) is 11.0. The molecule has 11 heteroatoms. The standard InChI is InChI=1S/C38H48ClN3O6S/c1-27-7-5-15-38(44,16-6-17-41-19-21-47-22-20-41)34-13-10-31(34)25-42-18-4-3-8-29-23-33(39)12-9-32(29)26-48-36-14-11-30(24-35(36)42)37(43)40-49(45,46)28(27)2/h5,9,11-12,14-15,23-24,27-28,31,34,44H,3-4,7-8,10,13,17-22,25-26H2,1-2H3,(H,40,43)/b15-5+/t27-,28+,31-,34+,38+/m0/s1. The molecule has 0 spiro atoms. The Morgan fingerprint density at radius 2 is 1.88 bits per heavy atom. The molecule has 0 aromatic heterocycles. The van der Waals surface area contributed by atoms with Crippen LogP contribution in [0.25, 0.3) is 0 Å². The van der Waals surface area contributed by atoms with Crippen molar-refractivity contribution in [2.75, 3.05) is 50.8 Å². The number of sulfonamides is 1. The average Bonchev–Trinajstić information content (AvgIpc) is 3.09. The molecule has 2 aromatic rings. The molecule has 4 aliphatic rings. The molecular formula is C38H48ClN3O6S. The zero-order valence-electron chi connectivity index (χ0n) is 28.5. The number of aryl methyl sites for hydroxylation is 1. The number of aliphatic hydroxyl groups is 1. The Bertz CT molecular complexity index is 1720. The van der Waals surface area contributed by atoms with Crippen LogP contribution in [0.3, 0.4) is 0 Å². The van der Waals surface area contributed by atoms with Crippen molar-refractivity contribution in [3.05, 3.63) is 70.3 Å². The first-order valence-electron chi connectivity index (χ1n) is 17.6.